The SMILES string of the molecule is COc1c(CN)cccc1Nc1cc(Nc2cc(C)nc(C)n2)nc2[nH]n(C)c(=O)c12. The maximum Gasteiger partial charge on any atom is 0.277 e. The summed E-state index contributed by atoms with van der Waals surface area (Å²) >= 11 is 0. The van der Waals surface area contributed by atoms with Crippen LogP contribution >= 0.6 is 0 Å². The molecule has 0 aliphatic carbocycles. The zero-order valence-electron chi connectivity index (χ0n) is 17.8. The van der Waals surface area contributed by atoms with E-state index in [9.17, 15) is 4.79 Å². The molecule has 0 radical (unpaired) electrons. The summed E-state index contributed by atoms with van der Waals surface area (Å²) in [5.74, 6) is 2.41. The molecule has 5 N–H and O–H groups in total. The van der Waals surface area contributed by atoms with Crippen molar-refractivity contribution in [3.8, 4) is 5.75 Å². The normalized spacial score (nSPS) is 11.0. The van der Waals surface area contributed by atoms with E-state index >= 15 is 0 Å². The number of H-pyrrole nitrogens is 1. The molecule has 0 saturated heterocycles. The van der Waals surface area contributed by atoms with E-state index in [1.54, 1.807) is 20.2 Å². The highest BCUT2D eigenvalue weighted by Crippen LogP contribution is 2.33. The maximum atomic E-state index is 12.7. The van der Waals surface area contributed by atoms with Gasteiger partial charge in [-0.3, -0.25) is 14.6 Å². The molecule has 10 heteroatoms. The average Bonchev–Trinajstić information content (AvgIpc) is 3.00. The Balaban J connectivity index is 1.83. The third kappa shape index (κ3) is 3.92. The topological polar surface area (TPSA) is 136 Å². The van der Waals surface area contributed by atoms with Crippen LogP contribution in [-0.2, 0) is 13.6 Å². The van der Waals surface area contributed by atoms with Crippen molar-refractivity contribution in [1.82, 2.24) is 24.7 Å². The number of benzene rings is 1. The largest absolute Gasteiger partial charge is 0.494 e. The summed E-state index contributed by atoms with van der Waals surface area (Å²) in [7, 11) is 3.23. The van der Waals surface area contributed by atoms with E-state index in [1.807, 2.05) is 38.1 Å². The number of hydrogen-bond donors (Lipinski definition) is 4. The van der Waals surface area contributed by atoms with E-state index in [-0.39, 0.29) is 5.56 Å². The molecule has 3 heterocycles. The van der Waals surface area contributed by atoms with Crippen molar-refractivity contribution in [2.75, 3.05) is 17.7 Å². The Labute approximate surface area is 178 Å². The van der Waals surface area contributed by atoms with Crippen molar-refractivity contribution in [2.24, 2.45) is 12.8 Å². The molecule has 0 amide bonds. The van der Waals surface area contributed by atoms with Crippen LogP contribution in [0.5, 0.6) is 5.75 Å². The number of hydrogen-bond acceptors (Lipinski definition) is 8. The van der Waals surface area contributed by atoms with Crippen LogP contribution in [0.4, 0.5) is 23.0 Å². The smallest absolute Gasteiger partial charge is 0.277 e. The zero-order chi connectivity index (χ0) is 22.1. The van der Waals surface area contributed by atoms with Crippen LogP contribution in [-0.4, -0.2) is 31.8 Å². The molecule has 0 saturated carbocycles. The molecule has 0 aliphatic rings. The first kappa shape index (κ1) is 20.4. The van der Waals surface area contributed by atoms with Crippen molar-refractivity contribution >= 4 is 34.0 Å². The number of pyridine rings is 1. The molecule has 31 heavy (non-hydrogen) atoms. The van der Waals surface area contributed by atoms with Crippen LogP contribution < -0.4 is 26.7 Å². The van der Waals surface area contributed by atoms with Gasteiger partial charge in [-0.15, -0.1) is 0 Å². The molecule has 4 aromatic rings. The second kappa shape index (κ2) is 8.07. The second-order valence-corrected chi connectivity index (χ2v) is 7.15. The van der Waals surface area contributed by atoms with Gasteiger partial charge < -0.3 is 21.1 Å². The number of nitrogens with zero attached hydrogens (tertiary/aromatic N) is 4. The third-order valence-electron chi connectivity index (χ3n) is 4.82. The lowest BCUT2D eigenvalue weighted by atomic mass is 10.1. The highest BCUT2D eigenvalue weighted by molar-refractivity contribution is 5.93. The first-order valence-corrected chi connectivity index (χ1v) is 9.71. The minimum atomic E-state index is -0.195. The Bertz CT molecular complexity index is 1300. The number of aromatic amines is 1. The molecule has 1 aromatic carbocycles. The Hall–Kier alpha value is -3.92. The second-order valence-electron chi connectivity index (χ2n) is 7.15. The van der Waals surface area contributed by atoms with Crippen molar-refractivity contribution in [2.45, 2.75) is 20.4 Å². The summed E-state index contributed by atoms with van der Waals surface area (Å²) in [5, 5.41) is 9.93. The van der Waals surface area contributed by atoms with Crippen molar-refractivity contribution in [3.05, 3.63) is 57.8 Å². The van der Waals surface area contributed by atoms with E-state index in [1.165, 1.54) is 4.68 Å². The van der Waals surface area contributed by atoms with E-state index in [0.29, 0.717) is 52.2 Å². The molecule has 0 atom stereocenters. The lowest BCUT2D eigenvalue weighted by Crippen LogP contribution is -2.12. The zero-order valence-corrected chi connectivity index (χ0v) is 17.8. The number of aryl methyl sites for hydroxylation is 3. The van der Waals surface area contributed by atoms with Crippen LogP contribution in [0.15, 0.2) is 35.1 Å². The van der Waals surface area contributed by atoms with Crippen LogP contribution in [0.3, 0.4) is 0 Å². The summed E-state index contributed by atoms with van der Waals surface area (Å²) in [6.07, 6.45) is 0. The molecular formula is C21H24N8O2. The van der Waals surface area contributed by atoms with Crippen LogP contribution in [0.1, 0.15) is 17.1 Å². The quantitative estimate of drug-likeness (QED) is 0.374. The minimum absolute atomic E-state index is 0.195. The number of anilines is 4. The molecule has 10 nitrogen and oxygen atoms in total. The molecule has 0 aliphatic heterocycles. The van der Waals surface area contributed by atoms with Gasteiger partial charge in [0.15, 0.2) is 5.65 Å². The Kier molecular flexibility index (Phi) is 5.30. The molecule has 0 spiro atoms. The standard InChI is InChI=1S/C21H24N8O2/c1-11-8-16(24-12(2)23-11)26-17-9-15(18-20(27-17)28-29(3)21(18)30)25-14-7-5-6-13(10-22)19(14)31-4/h5-9H,10,22H2,1-4H3,(H3,23,24,25,26,27,28). The van der Waals surface area contributed by atoms with Crippen molar-refractivity contribution in [1.29, 1.82) is 0 Å². The van der Waals surface area contributed by atoms with Gasteiger partial charge in [0.05, 0.1) is 18.5 Å². The summed E-state index contributed by atoms with van der Waals surface area (Å²) in [6, 6.07) is 9.23. The first-order chi connectivity index (χ1) is 14.9. The minimum Gasteiger partial charge on any atom is -0.494 e. The highest BCUT2D eigenvalue weighted by Gasteiger charge is 2.16. The molecule has 0 unspecified atom stereocenters. The third-order valence-corrected chi connectivity index (χ3v) is 4.82. The fraction of sp³-hybridized carbons (Fsp3) is 0.238. The highest BCUT2D eigenvalue weighted by atomic mass is 16.5. The van der Waals surface area contributed by atoms with E-state index < -0.39 is 0 Å². The Morgan fingerprint density at radius 1 is 1.10 bits per heavy atom. The number of aromatic nitrogens is 5. The molecule has 0 bridgehead atoms. The van der Waals surface area contributed by atoms with Gasteiger partial charge >= 0.3 is 0 Å². The number of rotatable bonds is 6. The number of para-hydroxylation sites is 1. The molecular weight excluding hydrogens is 396 g/mol. The van der Waals surface area contributed by atoms with Crippen molar-refractivity contribution in [3.63, 3.8) is 0 Å². The Morgan fingerprint density at radius 3 is 2.58 bits per heavy atom. The first-order valence-electron chi connectivity index (χ1n) is 9.71. The van der Waals surface area contributed by atoms with Crippen molar-refractivity contribution < 1.29 is 4.74 Å². The van der Waals surface area contributed by atoms with Gasteiger partial charge in [0.2, 0.25) is 0 Å². The lowest BCUT2D eigenvalue weighted by molar-refractivity contribution is 0.412. The van der Waals surface area contributed by atoms with Gasteiger partial charge in [0.1, 0.15) is 28.6 Å². The number of ether oxygens (including phenoxy) is 1. The number of nitrogens with two attached hydrogens (primary N) is 1. The summed E-state index contributed by atoms with van der Waals surface area (Å²) in [6.45, 7) is 4.05. The van der Waals surface area contributed by atoms with Crippen LogP contribution in [0, 0.1) is 13.8 Å². The van der Waals surface area contributed by atoms with E-state index in [0.717, 1.165) is 11.3 Å². The molecule has 0 fully saturated rings. The summed E-state index contributed by atoms with van der Waals surface area (Å²) in [4.78, 5) is 26.0. The van der Waals surface area contributed by atoms with Gasteiger partial charge in [-0.05, 0) is 19.9 Å². The average molecular weight is 420 g/mol. The summed E-state index contributed by atoms with van der Waals surface area (Å²) < 4.78 is 6.95. The van der Waals surface area contributed by atoms with Gasteiger partial charge in [-0.25, -0.2) is 15.0 Å². The molecule has 160 valence electrons. The van der Waals surface area contributed by atoms with Gasteiger partial charge in [-0.2, -0.15) is 0 Å². The Morgan fingerprint density at radius 2 is 1.87 bits per heavy atom. The maximum absolute atomic E-state index is 12.7. The number of nitrogens with one attached hydrogen (secondary N) is 3. The summed E-state index contributed by atoms with van der Waals surface area (Å²) in [5.41, 5.74) is 9.05. The monoisotopic (exact) mass is 420 g/mol. The van der Waals surface area contributed by atoms with Crippen LogP contribution in [0.2, 0.25) is 0 Å². The predicted octanol–water partition coefficient (Wildman–Crippen LogP) is 2.62. The lowest BCUT2D eigenvalue weighted by Gasteiger charge is -2.15. The van der Waals surface area contributed by atoms with E-state index in [4.69, 9.17) is 10.5 Å². The fourth-order valence-corrected chi connectivity index (χ4v) is 3.52. The number of methoxy groups -OCH3 is 1. The number of fused-ring (bicyclic) bond motifs is 1. The van der Waals surface area contributed by atoms with Gasteiger partial charge in [-0.1, -0.05) is 12.1 Å². The van der Waals surface area contributed by atoms with Gasteiger partial charge in [0, 0.05) is 37.0 Å². The van der Waals surface area contributed by atoms with Gasteiger partial charge in [0.25, 0.3) is 5.56 Å². The van der Waals surface area contributed by atoms with E-state index in [2.05, 4.69) is 30.7 Å². The molecule has 3 aromatic heterocycles. The fourth-order valence-electron chi connectivity index (χ4n) is 3.52. The van der Waals surface area contributed by atoms with Crippen LogP contribution in [0.25, 0.3) is 11.0 Å². The molecule has 4 rings (SSSR count). The predicted molar refractivity (Wildman–Crippen MR) is 120 cm³/mol.